The Morgan fingerprint density at radius 3 is 1.68 bits per heavy atom. The van der Waals surface area contributed by atoms with Crippen molar-refractivity contribution in [2.45, 2.75) is 91.4 Å². The second kappa shape index (κ2) is 12.7. The molecule has 0 nitrogen and oxygen atoms in total. The number of aryl methyl sites for hydroxylation is 1. The van der Waals surface area contributed by atoms with E-state index >= 15 is 0 Å². The number of rotatable bonds is 4. The van der Waals surface area contributed by atoms with Gasteiger partial charge in [0.1, 0.15) is 0 Å². The summed E-state index contributed by atoms with van der Waals surface area (Å²) >= 11 is -3.64. The molecular formula is C43H42F6Zr. The van der Waals surface area contributed by atoms with Crippen LogP contribution in [-0.4, -0.2) is 3.21 Å². The van der Waals surface area contributed by atoms with Gasteiger partial charge in [0, 0.05) is 0 Å². The van der Waals surface area contributed by atoms with Crippen molar-refractivity contribution < 1.29 is 47.6 Å². The van der Waals surface area contributed by atoms with E-state index in [4.69, 9.17) is 0 Å². The van der Waals surface area contributed by atoms with Crippen molar-refractivity contribution in [2.24, 2.45) is 0 Å². The van der Waals surface area contributed by atoms with E-state index in [0.717, 1.165) is 53.1 Å². The molecule has 4 aromatic carbocycles. The molecule has 0 N–H and O–H groups in total. The van der Waals surface area contributed by atoms with Crippen molar-refractivity contribution in [1.82, 2.24) is 0 Å². The van der Waals surface area contributed by atoms with Gasteiger partial charge in [0.05, 0.1) is 0 Å². The summed E-state index contributed by atoms with van der Waals surface area (Å²) < 4.78 is 88.4. The molecule has 0 bridgehead atoms. The van der Waals surface area contributed by atoms with E-state index in [0.29, 0.717) is 27.2 Å². The van der Waals surface area contributed by atoms with E-state index in [1.807, 2.05) is 12.2 Å². The summed E-state index contributed by atoms with van der Waals surface area (Å²) in [5, 5.41) is 0. The predicted molar refractivity (Wildman–Crippen MR) is 189 cm³/mol. The van der Waals surface area contributed by atoms with Gasteiger partial charge in [0.25, 0.3) is 0 Å². The Morgan fingerprint density at radius 1 is 0.660 bits per heavy atom. The van der Waals surface area contributed by atoms with Crippen molar-refractivity contribution in [3.8, 4) is 11.1 Å². The number of halogens is 6. The van der Waals surface area contributed by atoms with Crippen LogP contribution in [-0.2, 0) is 50.9 Å². The molecule has 0 atom stereocenters. The van der Waals surface area contributed by atoms with Gasteiger partial charge < -0.3 is 0 Å². The fraction of sp³-hybridized carbons (Fsp3) is 0.326. The van der Waals surface area contributed by atoms with Crippen LogP contribution in [0, 0.1) is 13.8 Å². The van der Waals surface area contributed by atoms with E-state index in [2.05, 4.69) is 79.7 Å². The fourth-order valence-corrected chi connectivity index (χ4v) is 16.1. The van der Waals surface area contributed by atoms with Crippen molar-refractivity contribution in [3.63, 3.8) is 0 Å². The fourth-order valence-electron chi connectivity index (χ4n) is 7.78. The summed E-state index contributed by atoms with van der Waals surface area (Å²) in [4.78, 5) is 0. The molecule has 7 heteroatoms. The Morgan fingerprint density at radius 2 is 1.20 bits per heavy atom. The van der Waals surface area contributed by atoms with Crippen LogP contribution in [0.3, 0.4) is 0 Å². The number of fused-ring (bicyclic) bond motifs is 3. The first-order chi connectivity index (χ1) is 23.2. The average molecular weight is 764 g/mol. The second-order valence-electron chi connectivity index (χ2n) is 15.7. The summed E-state index contributed by atoms with van der Waals surface area (Å²) in [7, 11) is 0. The maximum absolute atomic E-state index is 14.2. The van der Waals surface area contributed by atoms with Crippen LogP contribution in [0.4, 0.5) is 26.3 Å². The Bertz CT molecular complexity index is 2050. The molecule has 0 saturated carbocycles. The zero-order valence-corrected chi connectivity index (χ0v) is 32.2. The van der Waals surface area contributed by atoms with Crippen LogP contribution in [0.2, 0.25) is 0 Å². The molecule has 0 aliphatic heterocycles. The third kappa shape index (κ3) is 6.84. The first-order valence-corrected chi connectivity index (χ1v) is 20.6. The molecule has 50 heavy (non-hydrogen) atoms. The zero-order chi connectivity index (χ0) is 36.6. The van der Waals surface area contributed by atoms with Crippen LogP contribution in [0.5, 0.6) is 0 Å². The molecule has 6 rings (SSSR count). The first kappa shape index (κ1) is 36.5. The molecule has 0 unspecified atom stereocenters. The van der Waals surface area contributed by atoms with Crippen molar-refractivity contribution in [2.75, 3.05) is 0 Å². The number of hydrogen-bond donors (Lipinski definition) is 0. The first-order valence-electron chi connectivity index (χ1n) is 16.9. The van der Waals surface area contributed by atoms with Gasteiger partial charge in [-0.15, -0.1) is 0 Å². The van der Waals surface area contributed by atoms with E-state index in [1.54, 1.807) is 12.1 Å². The van der Waals surface area contributed by atoms with Crippen LogP contribution in [0.1, 0.15) is 104 Å². The molecular weight excluding hydrogens is 722 g/mol. The van der Waals surface area contributed by atoms with E-state index in [9.17, 15) is 26.3 Å². The van der Waals surface area contributed by atoms with Crippen LogP contribution < -0.4 is 3.27 Å². The third-order valence-corrected chi connectivity index (χ3v) is 18.0. The van der Waals surface area contributed by atoms with Crippen molar-refractivity contribution in [3.05, 3.63) is 144 Å². The Kier molecular flexibility index (Phi) is 9.28. The Hall–Kier alpha value is -3.31. The summed E-state index contributed by atoms with van der Waals surface area (Å²) in [5.74, 6) is 0. The third-order valence-electron chi connectivity index (χ3n) is 9.97. The molecule has 0 fully saturated rings. The van der Waals surface area contributed by atoms with E-state index < -0.39 is 44.7 Å². The normalized spacial score (nSPS) is 14.5. The van der Waals surface area contributed by atoms with Crippen molar-refractivity contribution in [1.29, 1.82) is 0 Å². The van der Waals surface area contributed by atoms with Crippen molar-refractivity contribution >= 4 is 6.48 Å². The van der Waals surface area contributed by atoms with E-state index in [-0.39, 0.29) is 10.8 Å². The maximum atomic E-state index is 14.2. The van der Waals surface area contributed by atoms with Crippen LogP contribution in [0.15, 0.2) is 88.2 Å². The number of alkyl halides is 6. The second-order valence-corrected chi connectivity index (χ2v) is 21.6. The standard InChI is InChI=1S/C23H29.C15H8F6.C5H5.Zr/c1-14-9-16-11-17-10-15(2)21(23(6,7)8)13-19(17)18(16)12-20(14)22(3,4)5;16-14(17,18)12-5-1-3-10(8-12)7-11-4-2-6-13(9-11)15(19,20)21;1-2-4-5-3-1;/h9,12-13H,11H2,1-8H3;1-6,8-9H;1-3H,4H2;. The summed E-state index contributed by atoms with van der Waals surface area (Å²) in [6, 6.07) is 17.3. The molecule has 0 radical (unpaired) electrons. The molecule has 0 saturated heterocycles. The van der Waals surface area contributed by atoms with Gasteiger partial charge in [0.2, 0.25) is 0 Å². The van der Waals surface area contributed by atoms with Crippen LogP contribution in [0.25, 0.3) is 11.1 Å². The predicted octanol–water partition coefficient (Wildman–Crippen LogP) is 11.9. The molecule has 260 valence electrons. The number of allylic oxidation sites excluding steroid dienone is 4. The van der Waals surface area contributed by atoms with Crippen LogP contribution >= 0.6 is 0 Å². The van der Waals surface area contributed by atoms with Gasteiger partial charge >= 0.3 is 301 Å². The van der Waals surface area contributed by atoms with Gasteiger partial charge in [-0.2, -0.15) is 0 Å². The summed E-state index contributed by atoms with van der Waals surface area (Å²) in [6.45, 7) is 17.4. The zero-order valence-electron chi connectivity index (χ0n) is 29.8. The minimum absolute atomic E-state index is 0.0859. The van der Waals surface area contributed by atoms with Gasteiger partial charge in [-0.05, 0) is 0 Å². The topological polar surface area (TPSA) is 0 Å². The Labute approximate surface area is 299 Å². The molecule has 0 heterocycles. The monoisotopic (exact) mass is 762 g/mol. The van der Waals surface area contributed by atoms with E-state index in [1.165, 1.54) is 34.4 Å². The molecule has 2 aliphatic rings. The van der Waals surface area contributed by atoms with Gasteiger partial charge in [-0.3, -0.25) is 0 Å². The number of hydrogen-bond acceptors (Lipinski definition) is 0. The molecule has 2 aliphatic carbocycles. The quantitative estimate of drug-likeness (QED) is 0.160. The van der Waals surface area contributed by atoms with Gasteiger partial charge in [0.15, 0.2) is 0 Å². The van der Waals surface area contributed by atoms with Gasteiger partial charge in [-0.25, -0.2) is 0 Å². The average Bonchev–Trinajstić information content (AvgIpc) is 3.66. The van der Waals surface area contributed by atoms with Gasteiger partial charge in [-0.1, -0.05) is 0 Å². The summed E-state index contributed by atoms with van der Waals surface area (Å²) in [5.41, 5.74) is 8.05. The molecule has 4 aromatic rings. The Balaban J connectivity index is 1.81. The summed E-state index contributed by atoms with van der Waals surface area (Å²) in [6.07, 6.45) is -1.86. The molecule has 0 spiro atoms. The molecule has 0 aromatic heterocycles. The SMILES string of the molecule is Cc1cc2c(cc1C(C)(C)C)-c1cc(C(C)(C)C)c(C)[c]([Zr]([C]3=CC=CC3)=[C](c3cccc(C(F)(F)F)c3)c3cccc(C(F)(F)F)c3)c1C2. The minimum atomic E-state index is -4.61. The molecule has 0 amide bonds. The number of benzene rings is 4.